The summed E-state index contributed by atoms with van der Waals surface area (Å²) in [5, 5.41) is 9.13. The summed E-state index contributed by atoms with van der Waals surface area (Å²) in [4.78, 5) is 34.1. The highest BCUT2D eigenvalue weighted by Crippen LogP contribution is 2.29. The van der Waals surface area contributed by atoms with Crippen LogP contribution in [0.3, 0.4) is 0 Å². The number of urea groups is 1. The van der Waals surface area contributed by atoms with Crippen molar-refractivity contribution in [2.45, 2.75) is 20.8 Å². The zero-order valence-electron chi connectivity index (χ0n) is 16.6. The van der Waals surface area contributed by atoms with Crippen molar-refractivity contribution in [1.82, 2.24) is 9.97 Å². The molecule has 30 heavy (non-hydrogen) atoms. The first-order valence-electron chi connectivity index (χ1n) is 9.18. The smallest absolute Gasteiger partial charge is 0.308 e. The minimum absolute atomic E-state index is 0.298. The second kappa shape index (κ2) is 8.21. The topological polar surface area (TPSA) is 96.0 Å². The Bertz CT molecular complexity index is 1240. The van der Waals surface area contributed by atoms with Gasteiger partial charge in [0.25, 0.3) is 5.91 Å². The molecule has 4 rings (SSSR count). The third-order valence-corrected chi connectivity index (χ3v) is 6.30. The number of nitrogens with one attached hydrogen (secondary N) is 3. The molecule has 3 N–H and O–H groups in total. The molecule has 0 aliphatic heterocycles. The fraction of sp³-hybridized carbons (Fsp3) is 0.143. The first-order chi connectivity index (χ1) is 14.4. The highest BCUT2D eigenvalue weighted by Gasteiger charge is 2.18. The van der Waals surface area contributed by atoms with Gasteiger partial charge in [-0.2, -0.15) is 0 Å². The third kappa shape index (κ3) is 4.47. The quantitative estimate of drug-likeness (QED) is 0.389. The van der Waals surface area contributed by atoms with Crippen LogP contribution < -0.4 is 16.0 Å². The predicted molar refractivity (Wildman–Crippen MR) is 123 cm³/mol. The molecule has 3 amide bonds. The number of hydrogen-bond acceptors (Lipinski definition) is 6. The normalized spacial score (nSPS) is 10.8. The lowest BCUT2D eigenvalue weighted by molar-refractivity contribution is 0.103. The monoisotopic (exact) mass is 437 g/mol. The van der Waals surface area contributed by atoms with E-state index in [2.05, 4.69) is 25.9 Å². The van der Waals surface area contributed by atoms with Crippen LogP contribution in [0.4, 0.5) is 20.7 Å². The number of amides is 3. The SMILES string of the molecule is Cc1ccc(NC(=O)Nc2nc(C)c(C(=O)Nc3nc4ccc(C)cc4s3)s2)cc1. The summed E-state index contributed by atoms with van der Waals surface area (Å²) in [6, 6.07) is 13.0. The standard InChI is InChI=1S/C21H19N5O2S2/c1-11-4-7-14(8-5-11)23-19(28)26-20-22-13(3)17(30-20)18(27)25-21-24-15-9-6-12(2)10-16(15)29-21/h4-10H,1-3H3,(H,24,25,27)(H2,22,23,26,28). The molecule has 152 valence electrons. The number of benzene rings is 2. The van der Waals surface area contributed by atoms with Crippen molar-refractivity contribution >= 4 is 60.8 Å². The Morgan fingerprint density at radius 1 is 0.800 bits per heavy atom. The van der Waals surface area contributed by atoms with Gasteiger partial charge < -0.3 is 5.32 Å². The molecule has 4 aromatic rings. The van der Waals surface area contributed by atoms with Gasteiger partial charge in [0, 0.05) is 5.69 Å². The first-order valence-corrected chi connectivity index (χ1v) is 10.8. The summed E-state index contributed by atoms with van der Waals surface area (Å²) >= 11 is 2.54. The molecule has 0 bridgehead atoms. The van der Waals surface area contributed by atoms with E-state index < -0.39 is 6.03 Å². The third-order valence-electron chi connectivity index (χ3n) is 4.30. The number of nitrogens with zero attached hydrogens (tertiary/aromatic N) is 2. The number of anilines is 3. The van der Waals surface area contributed by atoms with Crippen LogP contribution in [0.25, 0.3) is 10.2 Å². The fourth-order valence-corrected chi connectivity index (χ4v) is 4.61. The number of thiazole rings is 2. The van der Waals surface area contributed by atoms with Gasteiger partial charge in [0.15, 0.2) is 10.3 Å². The van der Waals surface area contributed by atoms with E-state index in [0.29, 0.717) is 26.5 Å². The van der Waals surface area contributed by atoms with Crippen LogP contribution in [0, 0.1) is 20.8 Å². The van der Waals surface area contributed by atoms with Crippen molar-refractivity contribution < 1.29 is 9.59 Å². The van der Waals surface area contributed by atoms with Gasteiger partial charge in [-0.3, -0.25) is 15.4 Å². The van der Waals surface area contributed by atoms with E-state index in [1.165, 1.54) is 11.3 Å². The van der Waals surface area contributed by atoms with Crippen molar-refractivity contribution in [2.24, 2.45) is 0 Å². The molecular weight excluding hydrogens is 418 g/mol. The minimum atomic E-state index is -0.416. The summed E-state index contributed by atoms with van der Waals surface area (Å²) in [6.45, 7) is 5.72. The van der Waals surface area contributed by atoms with E-state index in [0.717, 1.165) is 32.7 Å². The number of aromatic nitrogens is 2. The van der Waals surface area contributed by atoms with Gasteiger partial charge in [-0.25, -0.2) is 14.8 Å². The largest absolute Gasteiger partial charge is 0.325 e. The van der Waals surface area contributed by atoms with E-state index in [-0.39, 0.29) is 5.91 Å². The van der Waals surface area contributed by atoms with Crippen LogP contribution in [-0.2, 0) is 0 Å². The molecule has 0 aliphatic rings. The molecule has 9 heteroatoms. The Hall–Kier alpha value is -3.30. The lowest BCUT2D eigenvalue weighted by Crippen LogP contribution is -2.19. The zero-order valence-corrected chi connectivity index (χ0v) is 18.2. The maximum Gasteiger partial charge on any atom is 0.325 e. The highest BCUT2D eigenvalue weighted by atomic mass is 32.1. The van der Waals surface area contributed by atoms with Crippen LogP contribution in [-0.4, -0.2) is 21.9 Å². The molecule has 0 saturated heterocycles. The van der Waals surface area contributed by atoms with Crippen LogP contribution in [0.15, 0.2) is 42.5 Å². The predicted octanol–water partition coefficient (Wildman–Crippen LogP) is 5.57. The molecule has 7 nitrogen and oxygen atoms in total. The Labute approximate surface area is 181 Å². The molecule has 0 atom stereocenters. The molecule has 0 spiro atoms. The molecule has 0 radical (unpaired) electrons. The average Bonchev–Trinajstić information content (AvgIpc) is 3.25. The van der Waals surface area contributed by atoms with Crippen LogP contribution in [0.2, 0.25) is 0 Å². The highest BCUT2D eigenvalue weighted by molar-refractivity contribution is 7.22. The summed E-state index contributed by atoms with van der Waals surface area (Å²) in [7, 11) is 0. The minimum Gasteiger partial charge on any atom is -0.308 e. The lowest BCUT2D eigenvalue weighted by atomic mass is 10.2. The van der Waals surface area contributed by atoms with Crippen LogP contribution in [0.5, 0.6) is 0 Å². The van der Waals surface area contributed by atoms with Gasteiger partial charge in [-0.15, -0.1) is 0 Å². The second-order valence-electron chi connectivity index (χ2n) is 6.82. The first kappa shape index (κ1) is 20.0. The lowest BCUT2D eigenvalue weighted by Gasteiger charge is -2.05. The maximum atomic E-state index is 12.7. The van der Waals surface area contributed by atoms with Crippen LogP contribution >= 0.6 is 22.7 Å². The van der Waals surface area contributed by atoms with E-state index in [1.807, 2.05) is 56.3 Å². The van der Waals surface area contributed by atoms with Crippen molar-refractivity contribution in [1.29, 1.82) is 0 Å². The zero-order chi connectivity index (χ0) is 21.3. The van der Waals surface area contributed by atoms with Crippen LogP contribution in [0.1, 0.15) is 26.5 Å². The number of carbonyl (C=O) groups is 2. The number of hydrogen-bond donors (Lipinski definition) is 3. The summed E-state index contributed by atoms with van der Waals surface area (Å²) < 4.78 is 1.02. The summed E-state index contributed by atoms with van der Waals surface area (Å²) in [5.74, 6) is -0.298. The van der Waals surface area contributed by atoms with Gasteiger partial charge in [0.05, 0.1) is 15.9 Å². The van der Waals surface area contributed by atoms with Crippen molar-refractivity contribution in [3.63, 3.8) is 0 Å². The van der Waals surface area contributed by atoms with Gasteiger partial charge in [0.2, 0.25) is 0 Å². The number of rotatable bonds is 4. The average molecular weight is 438 g/mol. The van der Waals surface area contributed by atoms with E-state index in [9.17, 15) is 9.59 Å². The summed E-state index contributed by atoms with van der Waals surface area (Å²) in [6.07, 6.45) is 0. The van der Waals surface area contributed by atoms with E-state index in [1.54, 1.807) is 6.92 Å². The van der Waals surface area contributed by atoms with Crippen molar-refractivity contribution in [3.05, 3.63) is 64.2 Å². The van der Waals surface area contributed by atoms with E-state index >= 15 is 0 Å². The molecule has 0 fully saturated rings. The molecule has 0 aliphatic carbocycles. The van der Waals surface area contributed by atoms with E-state index in [4.69, 9.17) is 0 Å². The van der Waals surface area contributed by atoms with Gasteiger partial charge in [-0.1, -0.05) is 46.4 Å². The molecule has 2 aromatic carbocycles. The Morgan fingerprint density at radius 3 is 2.27 bits per heavy atom. The number of fused-ring (bicyclic) bond motifs is 1. The van der Waals surface area contributed by atoms with Gasteiger partial charge >= 0.3 is 6.03 Å². The molecule has 0 saturated carbocycles. The van der Waals surface area contributed by atoms with Gasteiger partial charge in [-0.05, 0) is 50.6 Å². The Balaban J connectivity index is 1.43. The molecule has 2 aromatic heterocycles. The second-order valence-corrected chi connectivity index (χ2v) is 8.85. The summed E-state index contributed by atoms with van der Waals surface area (Å²) in [5.41, 5.74) is 4.31. The molecule has 0 unspecified atom stereocenters. The Morgan fingerprint density at radius 2 is 1.50 bits per heavy atom. The van der Waals surface area contributed by atoms with Gasteiger partial charge in [0.1, 0.15) is 4.88 Å². The van der Waals surface area contributed by atoms with Crippen molar-refractivity contribution in [2.75, 3.05) is 16.0 Å². The Kier molecular flexibility index (Phi) is 5.47. The van der Waals surface area contributed by atoms with Crippen molar-refractivity contribution in [3.8, 4) is 0 Å². The molecule has 2 heterocycles. The molecular formula is C21H19N5O2S2. The number of aryl methyl sites for hydroxylation is 3. The number of carbonyl (C=O) groups excluding carboxylic acids is 2. The maximum absolute atomic E-state index is 12.7. The fourth-order valence-electron chi connectivity index (χ4n) is 2.80.